The van der Waals surface area contributed by atoms with E-state index < -0.39 is 70.1 Å². The zero-order chi connectivity index (χ0) is 32.2. The van der Waals surface area contributed by atoms with Crippen molar-refractivity contribution in [3.8, 4) is 5.75 Å². The summed E-state index contributed by atoms with van der Waals surface area (Å²) in [7, 11) is 1.20. The van der Waals surface area contributed by atoms with Crippen LogP contribution < -0.4 is 15.5 Å². The Morgan fingerprint density at radius 2 is 1.82 bits per heavy atom. The molecule has 0 saturated carbocycles. The first kappa shape index (κ1) is 30.4. The van der Waals surface area contributed by atoms with Crippen molar-refractivity contribution in [2.45, 2.75) is 63.4 Å². The molecule has 1 N–H and O–H groups in total. The summed E-state index contributed by atoms with van der Waals surface area (Å²) in [6.07, 6.45) is 2.10. The van der Waals surface area contributed by atoms with Gasteiger partial charge in [0.05, 0.1) is 25.6 Å². The van der Waals surface area contributed by atoms with Gasteiger partial charge in [0.15, 0.2) is 11.4 Å². The van der Waals surface area contributed by atoms with Gasteiger partial charge in [-0.25, -0.2) is 18.2 Å². The van der Waals surface area contributed by atoms with E-state index in [-0.39, 0.29) is 36.4 Å². The third-order valence-electron chi connectivity index (χ3n) is 9.08. The maximum Gasteiger partial charge on any atom is 0.274 e. The second-order valence-electron chi connectivity index (χ2n) is 11.7. The maximum absolute atomic E-state index is 14.2. The van der Waals surface area contributed by atoms with Crippen molar-refractivity contribution in [2.75, 3.05) is 13.7 Å². The van der Waals surface area contributed by atoms with Crippen LogP contribution >= 0.6 is 0 Å². The van der Waals surface area contributed by atoms with E-state index >= 15 is 0 Å². The zero-order valence-electron chi connectivity index (χ0n) is 24.8. The molecule has 13 heteroatoms. The molecule has 3 aliphatic heterocycles. The number of carbonyl (C=O) groups excluding carboxylic acids is 3. The minimum Gasteiger partial charge on any atom is -0.491 e. The van der Waals surface area contributed by atoms with Gasteiger partial charge < -0.3 is 19.5 Å². The van der Waals surface area contributed by atoms with Crippen LogP contribution in [0.15, 0.2) is 53.5 Å². The number of ether oxygens (including phenoxy) is 1. The fraction of sp³-hybridized carbons (Fsp3) is 0.375. The molecule has 0 aliphatic carbocycles. The van der Waals surface area contributed by atoms with Gasteiger partial charge in [0.1, 0.15) is 28.6 Å². The van der Waals surface area contributed by atoms with Crippen LogP contribution in [0.4, 0.5) is 13.2 Å². The Morgan fingerprint density at radius 3 is 2.49 bits per heavy atom. The first-order valence-electron chi connectivity index (χ1n) is 14.6. The molecule has 3 aromatic rings. The lowest BCUT2D eigenvalue weighted by Crippen LogP contribution is -2.52. The summed E-state index contributed by atoms with van der Waals surface area (Å²) in [5, 5.41) is 3.66. The van der Waals surface area contributed by atoms with Crippen molar-refractivity contribution in [3.05, 3.63) is 98.7 Å². The molecule has 3 aliphatic rings. The van der Waals surface area contributed by atoms with Crippen LogP contribution in [0, 0.1) is 17.5 Å². The van der Waals surface area contributed by atoms with E-state index in [1.54, 1.807) is 4.90 Å². The summed E-state index contributed by atoms with van der Waals surface area (Å²) >= 11 is 0. The van der Waals surface area contributed by atoms with Gasteiger partial charge in [0.2, 0.25) is 11.3 Å². The highest BCUT2D eigenvalue weighted by molar-refractivity contribution is 5.99. The van der Waals surface area contributed by atoms with E-state index in [4.69, 9.17) is 9.57 Å². The number of halogens is 3. The highest BCUT2D eigenvalue weighted by Crippen LogP contribution is 2.48. The minimum absolute atomic E-state index is 0.0118. The molecule has 2 aromatic carbocycles. The van der Waals surface area contributed by atoms with Gasteiger partial charge in [-0.2, -0.15) is 0 Å². The summed E-state index contributed by atoms with van der Waals surface area (Å²) in [5.74, 6) is -5.64. The van der Waals surface area contributed by atoms with Crippen LogP contribution in [0.1, 0.15) is 77.2 Å². The van der Waals surface area contributed by atoms with Crippen LogP contribution in [0.25, 0.3) is 0 Å². The Morgan fingerprint density at radius 1 is 1.13 bits per heavy atom. The molecule has 1 unspecified atom stereocenters. The van der Waals surface area contributed by atoms with E-state index in [0.29, 0.717) is 25.0 Å². The Bertz CT molecular complexity index is 1740. The molecule has 236 valence electrons. The number of aromatic nitrogens is 1. The number of methoxy groups -OCH3 is 1. The molecule has 0 radical (unpaired) electrons. The monoisotopic (exact) mass is 624 g/mol. The van der Waals surface area contributed by atoms with Gasteiger partial charge in [-0.1, -0.05) is 30.3 Å². The summed E-state index contributed by atoms with van der Waals surface area (Å²) in [5.41, 5.74) is -2.31. The Labute approximate surface area is 256 Å². The number of nitrogens with one attached hydrogen (secondary N) is 1. The molecule has 1 spiro atoms. The predicted octanol–water partition coefficient (Wildman–Crippen LogP) is 4.05. The Hall–Kier alpha value is -4.65. The van der Waals surface area contributed by atoms with Crippen molar-refractivity contribution in [3.63, 3.8) is 0 Å². The zero-order valence-corrected chi connectivity index (χ0v) is 24.8. The van der Waals surface area contributed by atoms with Gasteiger partial charge >= 0.3 is 0 Å². The summed E-state index contributed by atoms with van der Waals surface area (Å²) in [6.45, 7) is 3.19. The Balaban J connectivity index is 1.41. The van der Waals surface area contributed by atoms with Crippen LogP contribution in [0.2, 0.25) is 0 Å². The normalized spacial score (nSPS) is 23.2. The molecule has 2 fully saturated rings. The fourth-order valence-electron chi connectivity index (χ4n) is 6.58. The number of carbonyl (C=O) groups is 3. The number of nitrogens with zero attached hydrogens (tertiary/aromatic N) is 3. The van der Waals surface area contributed by atoms with E-state index in [0.717, 1.165) is 5.56 Å². The largest absolute Gasteiger partial charge is 0.491 e. The van der Waals surface area contributed by atoms with Crippen molar-refractivity contribution in [1.82, 2.24) is 19.8 Å². The first-order valence-corrected chi connectivity index (χ1v) is 14.6. The second-order valence-corrected chi connectivity index (χ2v) is 11.7. The smallest absolute Gasteiger partial charge is 0.274 e. The first-order chi connectivity index (χ1) is 21.5. The van der Waals surface area contributed by atoms with Crippen molar-refractivity contribution in [2.24, 2.45) is 0 Å². The van der Waals surface area contributed by atoms with Crippen molar-refractivity contribution < 1.29 is 37.1 Å². The van der Waals surface area contributed by atoms with Crippen LogP contribution in [0.5, 0.6) is 5.75 Å². The average Bonchev–Trinajstić information content (AvgIpc) is 3.29. The van der Waals surface area contributed by atoms with Gasteiger partial charge in [-0.3, -0.25) is 24.0 Å². The second kappa shape index (κ2) is 11.4. The highest BCUT2D eigenvalue weighted by atomic mass is 19.1. The summed E-state index contributed by atoms with van der Waals surface area (Å²) in [4.78, 5) is 62.4. The van der Waals surface area contributed by atoms with E-state index in [1.165, 1.54) is 22.9 Å². The molecule has 45 heavy (non-hydrogen) atoms. The number of amides is 3. The Kier molecular flexibility index (Phi) is 7.67. The summed E-state index contributed by atoms with van der Waals surface area (Å²) < 4.78 is 48.7. The molecule has 3 amide bonds. The average molecular weight is 625 g/mol. The molecule has 6 rings (SSSR count). The van der Waals surface area contributed by atoms with Crippen LogP contribution in [-0.4, -0.2) is 57.5 Å². The molecule has 2 saturated heterocycles. The number of hydroxylamine groups is 2. The third-order valence-corrected chi connectivity index (χ3v) is 9.08. The van der Waals surface area contributed by atoms with Gasteiger partial charge in [0.25, 0.3) is 11.8 Å². The number of benzene rings is 2. The standard InChI is InChI=1S/C32H31F3N4O6/c1-17-9-10-32(13-26(40)39(45-32)18(2)19-7-5-4-6-8-19)25-16-37(17)31(43)27-29(44-3)28(41)22(15-38(25)27)30(42)36-14-21-23(34)11-20(33)12-24(21)35/h4-8,11-12,15,17-18,25H,9-10,13-14,16H2,1-3H3,(H,36,42)/t17-,18?,25+,32-/m0/s1. The molecular weight excluding hydrogens is 593 g/mol. The molecular formula is C32H31F3N4O6. The lowest BCUT2D eigenvalue weighted by molar-refractivity contribution is -0.228. The van der Waals surface area contributed by atoms with Crippen LogP contribution in [-0.2, 0) is 16.2 Å². The minimum atomic E-state index is -1.20. The number of fused-ring (bicyclic) bond motifs is 5. The topological polar surface area (TPSA) is 110 Å². The summed E-state index contributed by atoms with van der Waals surface area (Å²) in [6, 6.07) is 8.97. The maximum atomic E-state index is 14.2. The van der Waals surface area contributed by atoms with E-state index in [9.17, 15) is 32.3 Å². The van der Waals surface area contributed by atoms with E-state index in [1.807, 2.05) is 44.2 Å². The SMILES string of the molecule is COc1c2n(cc(C(=O)NCc3c(F)cc(F)cc3F)c1=O)[C@@H]1CN(C2=O)[C@@H](C)CC[C@]12CC(=O)N(C(C)c1ccccc1)O2. The highest BCUT2D eigenvalue weighted by Gasteiger charge is 2.57. The number of pyridine rings is 1. The van der Waals surface area contributed by atoms with Gasteiger partial charge in [0, 0.05) is 43.0 Å². The number of hydrogen-bond donors (Lipinski definition) is 1. The van der Waals surface area contributed by atoms with Crippen molar-refractivity contribution >= 4 is 17.7 Å². The molecule has 1 aromatic heterocycles. The molecule has 4 heterocycles. The van der Waals surface area contributed by atoms with E-state index in [2.05, 4.69) is 5.32 Å². The quantitative estimate of drug-likeness (QED) is 0.444. The lowest BCUT2D eigenvalue weighted by atomic mass is 9.85. The third kappa shape index (κ3) is 5.04. The molecule has 10 nitrogen and oxygen atoms in total. The van der Waals surface area contributed by atoms with Crippen molar-refractivity contribution in [1.29, 1.82) is 0 Å². The number of rotatable bonds is 6. The number of hydrogen-bond acceptors (Lipinski definition) is 6. The van der Waals surface area contributed by atoms with Gasteiger partial charge in [-0.05, 0) is 32.3 Å². The fourth-order valence-corrected chi connectivity index (χ4v) is 6.58. The molecule has 4 atom stereocenters. The lowest BCUT2D eigenvalue weighted by Gasteiger charge is -2.42. The molecule has 2 bridgehead atoms. The van der Waals surface area contributed by atoms with Gasteiger partial charge in [-0.15, -0.1) is 0 Å². The predicted molar refractivity (Wildman–Crippen MR) is 154 cm³/mol. The van der Waals surface area contributed by atoms with Crippen LogP contribution in [0.3, 0.4) is 0 Å².